The van der Waals surface area contributed by atoms with Crippen molar-refractivity contribution in [2.45, 2.75) is 319 Å². The Bertz CT molecular complexity index is 1400. The molecule has 2 aliphatic rings. The first kappa shape index (κ1) is 70.3. The molecule has 0 aromatic carbocycles. The highest BCUT2D eigenvalue weighted by molar-refractivity contribution is 5.69. The van der Waals surface area contributed by atoms with Crippen LogP contribution in [-0.2, 0) is 33.2 Å². The van der Waals surface area contributed by atoms with E-state index in [1.165, 1.54) is 167 Å². The van der Waals surface area contributed by atoms with Crippen LogP contribution in [0.25, 0.3) is 0 Å². The monoisotopic (exact) mass is 1080 g/mol. The molecule has 2 fully saturated rings. The number of aliphatic hydroxyl groups excluding tert-OH is 7. The van der Waals surface area contributed by atoms with E-state index < -0.39 is 80.7 Å². The van der Waals surface area contributed by atoms with E-state index in [2.05, 4.69) is 50.3 Å². The standard InChI is InChI=1S/C62H114O14/c1-3-5-7-9-11-13-15-17-19-21-23-24-25-26-27-29-31-33-35-37-39-41-43-45-54(64)74-51(48-71-46-44-42-40-38-36-34-32-30-28-22-20-18-16-14-12-10-8-6-4-2)49-72-61-60(70)58(68)56(66)53(76-61)50-73-62-59(69)57(67)55(65)52(47-63)75-62/h15,17,21,23,25-26,51-53,55-63,65-70H,3-14,16,18-20,22,24,27-50H2,1-2H3/b17-15-,23-21-,26-25-. The van der Waals surface area contributed by atoms with Gasteiger partial charge in [0, 0.05) is 13.0 Å². The number of carbonyl (C=O) groups excluding carboxylic acids is 1. The van der Waals surface area contributed by atoms with Gasteiger partial charge < -0.3 is 64.2 Å². The number of aliphatic hydroxyl groups is 7. The minimum atomic E-state index is -1.71. The van der Waals surface area contributed by atoms with Gasteiger partial charge in [-0.05, 0) is 51.4 Å². The molecule has 0 aromatic rings. The fourth-order valence-corrected chi connectivity index (χ4v) is 9.88. The number of allylic oxidation sites excluding steroid dienone is 6. The molecule has 76 heavy (non-hydrogen) atoms. The first-order chi connectivity index (χ1) is 37.1. The summed E-state index contributed by atoms with van der Waals surface area (Å²) in [5.41, 5.74) is 0. The highest BCUT2D eigenvalue weighted by Gasteiger charge is 2.47. The third kappa shape index (κ3) is 35.1. The summed E-state index contributed by atoms with van der Waals surface area (Å²) in [6.45, 7) is 3.72. The predicted molar refractivity (Wildman–Crippen MR) is 303 cm³/mol. The molecule has 14 heteroatoms. The average molecular weight is 1080 g/mol. The maximum Gasteiger partial charge on any atom is 0.306 e. The lowest BCUT2D eigenvalue weighted by Crippen LogP contribution is -2.61. The van der Waals surface area contributed by atoms with E-state index in [9.17, 15) is 40.5 Å². The third-order valence-electron chi connectivity index (χ3n) is 14.9. The average Bonchev–Trinajstić information content (AvgIpc) is 3.42. The van der Waals surface area contributed by atoms with Gasteiger partial charge in [-0.3, -0.25) is 4.79 Å². The van der Waals surface area contributed by atoms with Crippen LogP contribution in [0.15, 0.2) is 36.5 Å². The molecule has 0 aliphatic carbocycles. The van der Waals surface area contributed by atoms with Crippen molar-refractivity contribution >= 4 is 5.97 Å². The SMILES string of the molecule is CCCCCCC/C=C\C/C=C\C/C=C\CCCCCCCCCCC(=O)OC(COCCCCCCCCCCCCCCCCCCCCC)COC1OC(COC2OC(CO)C(O)C(O)C2O)C(O)C(O)C1O. The van der Waals surface area contributed by atoms with Crippen LogP contribution in [0, 0.1) is 0 Å². The Hall–Kier alpha value is -1.79. The van der Waals surface area contributed by atoms with Crippen molar-refractivity contribution in [3.63, 3.8) is 0 Å². The highest BCUT2D eigenvalue weighted by Crippen LogP contribution is 2.27. The van der Waals surface area contributed by atoms with Gasteiger partial charge in [0.1, 0.15) is 54.9 Å². The van der Waals surface area contributed by atoms with Crippen LogP contribution in [0.1, 0.15) is 251 Å². The summed E-state index contributed by atoms with van der Waals surface area (Å²) in [6.07, 6.45) is 42.0. The first-order valence-electron chi connectivity index (χ1n) is 31.1. The second-order valence-electron chi connectivity index (χ2n) is 21.9. The van der Waals surface area contributed by atoms with Crippen LogP contribution >= 0.6 is 0 Å². The maximum absolute atomic E-state index is 13.1. The molecule has 7 N–H and O–H groups in total. The lowest BCUT2D eigenvalue weighted by atomic mass is 9.98. The Morgan fingerprint density at radius 3 is 1.28 bits per heavy atom. The lowest BCUT2D eigenvalue weighted by molar-refractivity contribution is -0.332. The van der Waals surface area contributed by atoms with Crippen molar-refractivity contribution < 1.29 is 69.0 Å². The van der Waals surface area contributed by atoms with Crippen molar-refractivity contribution in [3.8, 4) is 0 Å². The van der Waals surface area contributed by atoms with Gasteiger partial charge in [0.15, 0.2) is 12.6 Å². The molecule has 0 saturated carbocycles. The number of unbranched alkanes of at least 4 members (excludes halogenated alkanes) is 31. The zero-order valence-electron chi connectivity index (χ0n) is 48.0. The zero-order valence-corrected chi connectivity index (χ0v) is 48.0. The molecule has 14 nitrogen and oxygen atoms in total. The smallest absolute Gasteiger partial charge is 0.306 e. The Morgan fingerprint density at radius 2 is 0.816 bits per heavy atom. The molecule has 0 bridgehead atoms. The van der Waals surface area contributed by atoms with Crippen molar-refractivity contribution in [1.29, 1.82) is 0 Å². The first-order valence-corrected chi connectivity index (χ1v) is 31.1. The minimum Gasteiger partial charge on any atom is -0.457 e. The molecule has 2 saturated heterocycles. The van der Waals surface area contributed by atoms with E-state index in [-0.39, 0.29) is 25.6 Å². The van der Waals surface area contributed by atoms with E-state index in [0.717, 1.165) is 57.8 Å². The summed E-state index contributed by atoms with van der Waals surface area (Å²) in [5.74, 6) is -0.379. The molecule has 0 spiro atoms. The summed E-state index contributed by atoms with van der Waals surface area (Å²) in [7, 11) is 0. The van der Waals surface area contributed by atoms with Gasteiger partial charge in [0.25, 0.3) is 0 Å². The van der Waals surface area contributed by atoms with Crippen LogP contribution in [0.5, 0.6) is 0 Å². The summed E-state index contributed by atoms with van der Waals surface area (Å²) < 4.78 is 34.5. The number of esters is 1. The Labute approximate surface area is 461 Å². The summed E-state index contributed by atoms with van der Waals surface area (Å²) in [4.78, 5) is 13.1. The molecular weight excluding hydrogens is 969 g/mol. The number of rotatable bonds is 51. The zero-order chi connectivity index (χ0) is 55.1. The largest absolute Gasteiger partial charge is 0.457 e. The molecule has 0 amide bonds. The summed E-state index contributed by atoms with van der Waals surface area (Å²) >= 11 is 0. The molecule has 0 radical (unpaired) electrons. The van der Waals surface area contributed by atoms with Gasteiger partial charge >= 0.3 is 5.97 Å². The Balaban J connectivity index is 1.69. The van der Waals surface area contributed by atoms with E-state index in [4.69, 9.17) is 28.4 Å². The van der Waals surface area contributed by atoms with Crippen LogP contribution in [0.2, 0.25) is 0 Å². The van der Waals surface area contributed by atoms with Gasteiger partial charge in [0.05, 0.1) is 26.4 Å². The molecule has 11 atom stereocenters. The molecule has 2 aliphatic heterocycles. The summed E-state index contributed by atoms with van der Waals surface area (Å²) in [5, 5.41) is 72.4. The van der Waals surface area contributed by atoms with Crippen molar-refractivity contribution in [3.05, 3.63) is 36.5 Å². The van der Waals surface area contributed by atoms with Crippen molar-refractivity contribution in [2.24, 2.45) is 0 Å². The van der Waals surface area contributed by atoms with E-state index in [1.807, 2.05) is 0 Å². The van der Waals surface area contributed by atoms with Crippen LogP contribution in [0.3, 0.4) is 0 Å². The second kappa shape index (κ2) is 49.1. The lowest BCUT2D eigenvalue weighted by Gasteiger charge is -2.42. The number of hydrogen-bond acceptors (Lipinski definition) is 14. The third-order valence-corrected chi connectivity index (χ3v) is 14.9. The van der Waals surface area contributed by atoms with E-state index in [1.54, 1.807) is 0 Å². The Kier molecular flexibility index (Phi) is 45.4. The molecule has 2 heterocycles. The molecular formula is C62H114O14. The quantitative estimate of drug-likeness (QED) is 0.0172. The number of carbonyl (C=O) groups is 1. The highest BCUT2D eigenvalue weighted by atomic mass is 16.7. The van der Waals surface area contributed by atoms with Crippen LogP contribution in [-0.4, -0.2) is 142 Å². The van der Waals surface area contributed by atoms with Gasteiger partial charge in [-0.25, -0.2) is 0 Å². The van der Waals surface area contributed by atoms with Crippen molar-refractivity contribution in [1.82, 2.24) is 0 Å². The van der Waals surface area contributed by atoms with Gasteiger partial charge in [-0.2, -0.15) is 0 Å². The molecule has 11 unspecified atom stereocenters. The van der Waals surface area contributed by atoms with E-state index >= 15 is 0 Å². The summed E-state index contributed by atoms with van der Waals surface area (Å²) in [6, 6.07) is 0. The van der Waals surface area contributed by atoms with Crippen molar-refractivity contribution in [2.75, 3.05) is 33.0 Å². The maximum atomic E-state index is 13.1. The predicted octanol–water partition coefficient (Wildman–Crippen LogP) is 11.7. The van der Waals surface area contributed by atoms with E-state index in [0.29, 0.717) is 13.0 Å². The number of ether oxygens (including phenoxy) is 6. The van der Waals surface area contributed by atoms with Gasteiger partial charge in [-0.15, -0.1) is 0 Å². The fourth-order valence-electron chi connectivity index (χ4n) is 9.88. The second-order valence-corrected chi connectivity index (χ2v) is 21.9. The minimum absolute atomic E-state index is 0.0620. The molecule has 0 aromatic heterocycles. The van der Waals surface area contributed by atoms with Crippen LogP contribution in [0.4, 0.5) is 0 Å². The number of hydrogen-bond donors (Lipinski definition) is 7. The Morgan fingerprint density at radius 1 is 0.434 bits per heavy atom. The van der Waals surface area contributed by atoms with Crippen LogP contribution < -0.4 is 0 Å². The fraction of sp³-hybridized carbons (Fsp3) is 0.887. The van der Waals surface area contributed by atoms with Gasteiger partial charge in [-0.1, -0.05) is 230 Å². The topological polar surface area (TPSA) is 214 Å². The normalized spacial score (nSPS) is 24.6. The molecule has 446 valence electrons. The van der Waals surface area contributed by atoms with Gasteiger partial charge in [0.2, 0.25) is 0 Å². The molecule has 2 rings (SSSR count).